The molecule has 2 aromatic carbocycles. The van der Waals surface area contributed by atoms with Crippen molar-refractivity contribution in [1.29, 1.82) is 0 Å². The molecule has 0 radical (unpaired) electrons. The number of hydrogen-bond donors (Lipinski definition) is 1. The summed E-state index contributed by atoms with van der Waals surface area (Å²) in [4.78, 5) is 0. The van der Waals surface area contributed by atoms with Crippen LogP contribution >= 0.6 is 12.4 Å². The van der Waals surface area contributed by atoms with Crippen molar-refractivity contribution < 1.29 is 0 Å². The standard InChI is InChI=1S/C15H17N.ClH/c1-2-15(12-7-4-3-5-8-12)13-9-6-10-14(16)11-13;/h3-11,15H,2,16H2,1H3;1H. The van der Waals surface area contributed by atoms with Crippen LogP contribution in [0.3, 0.4) is 0 Å². The third-order valence-electron chi connectivity index (χ3n) is 2.92. The number of nitrogen functional groups attached to an aromatic ring is 1. The zero-order valence-corrected chi connectivity index (χ0v) is 10.8. The van der Waals surface area contributed by atoms with Gasteiger partial charge in [-0.15, -0.1) is 12.4 Å². The summed E-state index contributed by atoms with van der Waals surface area (Å²) < 4.78 is 0. The number of anilines is 1. The third-order valence-corrected chi connectivity index (χ3v) is 2.92. The van der Waals surface area contributed by atoms with Gasteiger partial charge in [0.1, 0.15) is 0 Å². The first-order valence-corrected chi connectivity index (χ1v) is 5.71. The SMILES string of the molecule is CCC(c1ccccc1)c1cccc(N)c1.Cl. The topological polar surface area (TPSA) is 26.0 Å². The molecule has 1 unspecified atom stereocenters. The average Bonchev–Trinajstić information content (AvgIpc) is 2.31. The van der Waals surface area contributed by atoms with Crippen LogP contribution in [0.5, 0.6) is 0 Å². The van der Waals surface area contributed by atoms with Crippen molar-refractivity contribution in [3.63, 3.8) is 0 Å². The van der Waals surface area contributed by atoms with Crippen LogP contribution in [-0.2, 0) is 0 Å². The van der Waals surface area contributed by atoms with E-state index in [0.29, 0.717) is 5.92 Å². The molecule has 1 atom stereocenters. The predicted molar refractivity (Wildman–Crippen MR) is 76.7 cm³/mol. The lowest BCUT2D eigenvalue weighted by atomic mass is 9.89. The van der Waals surface area contributed by atoms with Crippen LogP contribution < -0.4 is 5.73 Å². The molecule has 0 aromatic heterocycles. The number of hydrogen-bond acceptors (Lipinski definition) is 1. The molecule has 17 heavy (non-hydrogen) atoms. The summed E-state index contributed by atoms with van der Waals surface area (Å²) in [6, 6.07) is 18.8. The lowest BCUT2D eigenvalue weighted by Crippen LogP contribution is -2.00. The Morgan fingerprint density at radius 1 is 0.941 bits per heavy atom. The van der Waals surface area contributed by atoms with Gasteiger partial charge < -0.3 is 5.73 Å². The lowest BCUT2D eigenvalue weighted by Gasteiger charge is -2.16. The van der Waals surface area contributed by atoms with Crippen LogP contribution in [0.4, 0.5) is 5.69 Å². The summed E-state index contributed by atoms with van der Waals surface area (Å²) in [5.41, 5.74) is 9.33. The summed E-state index contributed by atoms with van der Waals surface area (Å²) in [7, 11) is 0. The molecule has 2 N–H and O–H groups in total. The van der Waals surface area contributed by atoms with Crippen molar-refractivity contribution in [2.24, 2.45) is 0 Å². The van der Waals surface area contributed by atoms with E-state index in [0.717, 1.165) is 12.1 Å². The van der Waals surface area contributed by atoms with Gasteiger partial charge >= 0.3 is 0 Å². The Bertz CT molecular complexity index is 453. The highest BCUT2D eigenvalue weighted by molar-refractivity contribution is 5.85. The van der Waals surface area contributed by atoms with E-state index in [-0.39, 0.29) is 12.4 Å². The van der Waals surface area contributed by atoms with E-state index < -0.39 is 0 Å². The number of halogens is 1. The Kier molecular flexibility index (Phi) is 5.05. The minimum Gasteiger partial charge on any atom is -0.399 e. The molecule has 0 saturated carbocycles. The van der Waals surface area contributed by atoms with Gasteiger partial charge in [-0.25, -0.2) is 0 Å². The van der Waals surface area contributed by atoms with Crippen molar-refractivity contribution in [1.82, 2.24) is 0 Å². The van der Waals surface area contributed by atoms with Gasteiger partial charge in [0.25, 0.3) is 0 Å². The first kappa shape index (κ1) is 13.6. The van der Waals surface area contributed by atoms with Gasteiger partial charge in [-0.2, -0.15) is 0 Å². The highest BCUT2D eigenvalue weighted by Gasteiger charge is 2.11. The Hall–Kier alpha value is -1.47. The van der Waals surface area contributed by atoms with Gasteiger partial charge in [-0.05, 0) is 29.7 Å². The highest BCUT2D eigenvalue weighted by Crippen LogP contribution is 2.28. The molecule has 2 aromatic rings. The number of rotatable bonds is 3. The largest absolute Gasteiger partial charge is 0.399 e. The van der Waals surface area contributed by atoms with Gasteiger partial charge in [0, 0.05) is 11.6 Å². The zero-order valence-electron chi connectivity index (χ0n) is 9.97. The summed E-state index contributed by atoms with van der Waals surface area (Å²) in [5.74, 6) is 0.449. The second kappa shape index (κ2) is 6.31. The van der Waals surface area contributed by atoms with Crippen molar-refractivity contribution in [2.75, 3.05) is 5.73 Å². The van der Waals surface area contributed by atoms with Gasteiger partial charge in [0.05, 0.1) is 0 Å². The van der Waals surface area contributed by atoms with Crippen LogP contribution in [0.1, 0.15) is 30.4 Å². The van der Waals surface area contributed by atoms with Gasteiger partial charge in [0.2, 0.25) is 0 Å². The second-order valence-corrected chi connectivity index (χ2v) is 4.04. The van der Waals surface area contributed by atoms with Gasteiger partial charge in [0.15, 0.2) is 0 Å². The Morgan fingerprint density at radius 2 is 1.59 bits per heavy atom. The third kappa shape index (κ3) is 3.24. The summed E-state index contributed by atoms with van der Waals surface area (Å²) in [5, 5.41) is 0. The normalized spacial score (nSPS) is 11.6. The maximum Gasteiger partial charge on any atom is 0.0316 e. The maximum atomic E-state index is 5.83. The molecule has 0 fully saturated rings. The second-order valence-electron chi connectivity index (χ2n) is 4.04. The lowest BCUT2D eigenvalue weighted by molar-refractivity contribution is 0.778. The van der Waals surface area contributed by atoms with Crippen LogP contribution in [-0.4, -0.2) is 0 Å². The molecule has 0 saturated heterocycles. The predicted octanol–water partition coefficient (Wildman–Crippen LogP) is 4.23. The van der Waals surface area contributed by atoms with Gasteiger partial charge in [-0.1, -0.05) is 49.4 Å². The van der Waals surface area contributed by atoms with E-state index >= 15 is 0 Å². The van der Waals surface area contributed by atoms with Crippen LogP contribution in [0.25, 0.3) is 0 Å². The van der Waals surface area contributed by atoms with E-state index in [2.05, 4.69) is 49.4 Å². The average molecular weight is 248 g/mol. The smallest absolute Gasteiger partial charge is 0.0316 e. The molecule has 0 aliphatic heterocycles. The molecular formula is C15H18ClN. The highest BCUT2D eigenvalue weighted by atomic mass is 35.5. The minimum atomic E-state index is 0. The molecule has 0 heterocycles. The van der Waals surface area contributed by atoms with Crippen LogP contribution in [0.2, 0.25) is 0 Å². The number of nitrogens with two attached hydrogens (primary N) is 1. The quantitative estimate of drug-likeness (QED) is 0.807. The van der Waals surface area contributed by atoms with Crippen molar-refractivity contribution in [3.8, 4) is 0 Å². The zero-order chi connectivity index (χ0) is 11.4. The Balaban J connectivity index is 0.00000144. The monoisotopic (exact) mass is 247 g/mol. The molecule has 1 nitrogen and oxygen atoms in total. The van der Waals surface area contributed by atoms with Crippen LogP contribution in [0.15, 0.2) is 54.6 Å². The fourth-order valence-corrected chi connectivity index (χ4v) is 2.12. The van der Waals surface area contributed by atoms with E-state index in [1.54, 1.807) is 0 Å². The Labute approximate surface area is 109 Å². The van der Waals surface area contributed by atoms with Crippen molar-refractivity contribution in [3.05, 3.63) is 65.7 Å². The molecule has 0 spiro atoms. The van der Waals surface area contributed by atoms with Crippen LogP contribution in [0, 0.1) is 0 Å². The summed E-state index contributed by atoms with van der Waals surface area (Å²) >= 11 is 0. The molecule has 90 valence electrons. The molecule has 0 aliphatic carbocycles. The summed E-state index contributed by atoms with van der Waals surface area (Å²) in [6.45, 7) is 2.21. The first-order valence-electron chi connectivity index (χ1n) is 5.71. The maximum absolute atomic E-state index is 5.83. The van der Waals surface area contributed by atoms with Crippen molar-refractivity contribution >= 4 is 18.1 Å². The van der Waals surface area contributed by atoms with Crippen molar-refractivity contribution in [2.45, 2.75) is 19.3 Å². The molecule has 0 aliphatic rings. The fourth-order valence-electron chi connectivity index (χ4n) is 2.12. The van der Waals surface area contributed by atoms with E-state index in [4.69, 9.17) is 5.73 Å². The molecular weight excluding hydrogens is 230 g/mol. The Morgan fingerprint density at radius 3 is 2.18 bits per heavy atom. The fraction of sp³-hybridized carbons (Fsp3) is 0.200. The molecule has 2 heteroatoms. The number of benzene rings is 2. The minimum absolute atomic E-state index is 0. The van der Waals surface area contributed by atoms with Gasteiger partial charge in [-0.3, -0.25) is 0 Å². The molecule has 2 rings (SSSR count). The summed E-state index contributed by atoms with van der Waals surface area (Å²) in [6.07, 6.45) is 1.09. The molecule has 0 bridgehead atoms. The molecule has 0 amide bonds. The van der Waals surface area contributed by atoms with E-state index in [1.165, 1.54) is 11.1 Å². The van der Waals surface area contributed by atoms with E-state index in [9.17, 15) is 0 Å². The van der Waals surface area contributed by atoms with E-state index in [1.807, 2.05) is 12.1 Å². The first-order chi connectivity index (χ1) is 7.81.